The third kappa shape index (κ3) is 9.33. The van der Waals surface area contributed by atoms with Gasteiger partial charge in [0.15, 0.2) is 6.29 Å². The second-order valence-corrected chi connectivity index (χ2v) is 15.0. The average Bonchev–Trinajstić information content (AvgIpc) is 3.72. The van der Waals surface area contributed by atoms with Gasteiger partial charge in [-0.05, 0) is 46.2 Å². The molecule has 0 unspecified atom stereocenters. The number of alkyl halides is 3. The smallest absolute Gasteiger partial charge is 0.392 e. The number of hydrogen-bond donors (Lipinski definition) is 2. The molecule has 2 amide bonds. The van der Waals surface area contributed by atoms with E-state index in [0.29, 0.717) is 11.3 Å². The van der Waals surface area contributed by atoms with E-state index in [0.717, 1.165) is 72.6 Å². The van der Waals surface area contributed by atoms with Crippen molar-refractivity contribution in [2.45, 2.75) is 70.2 Å². The van der Waals surface area contributed by atoms with Crippen LogP contribution in [0, 0.1) is 5.92 Å². The van der Waals surface area contributed by atoms with Crippen molar-refractivity contribution in [3.05, 3.63) is 131 Å². The van der Waals surface area contributed by atoms with Gasteiger partial charge in [0.1, 0.15) is 6.04 Å². The Labute approximate surface area is 326 Å². The Balaban J connectivity index is 1.04. The minimum Gasteiger partial charge on any atom is -0.392 e. The lowest BCUT2D eigenvalue weighted by Crippen LogP contribution is -2.51. The summed E-state index contributed by atoms with van der Waals surface area (Å²) in [7, 11) is 0. The number of halogens is 3. The summed E-state index contributed by atoms with van der Waals surface area (Å²) in [4.78, 5) is 30.6. The van der Waals surface area contributed by atoms with E-state index in [4.69, 9.17) is 9.47 Å². The Morgan fingerprint density at radius 2 is 1.45 bits per heavy atom. The minimum atomic E-state index is -5.03. The summed E-state index contributed by atoms with van der Waals surface area (Å²) in [5, 5.41) is 12.4. The maximum absolute atomic E-state index is 13.1. The Bertz CT molecular complexity index is 1920. The first-order valence-corrected chi connectivity index (χ1v) is 19.4. The van der Waals surface area contributed by atoms with E-state index in [9.17, 15) is 27.9 Å². The molecule has 4 aromatic carbocycles. The van der Waals surface area contributed by atoms with Gasteiger partial charge in [-0.15, -0.1) is 0 Å². The van der Waals surface area contributed by atoms with Gasteiger partial charge in [0, 0.05) is 63.8 Å². The Kier molecular flexibility index (Phi) is 12.5. The molecule has 0 bridgehead atoms. The van der Waals surface area contributed by atoms with Crippen molar-refractivity contribution in [1.29, 1.82) is 0 Å². The quantitative estimate of drug-likeness (QED) is 0.177. The predicted octanol–water partition coefficient (Wildman–Crippen LogP) is 6.62. The van der Waals surface area contributed by atoms with Gasteiger partial charge in [0.2, 0.25) is 5.91 Å². The van der Waals surface area contributed by atoms with Gasteiger partial charge in [-0.1, -0.05) is 110 Å². The molecule has 3 heterocycles. The number of aliphatic hydroxyl groups is 1. The van der Waals surface area contributed by atoms with Gasteiger partial charge in [0.25, 0.3) is 0 Å². The molecule has 9 nitrogen and oxygen atoms in total. The summed E-state index contributed by atoms with van der Waals surface area (Å²) in [5.74, 6) is -2.53. The molecule has 3 saturated heterocycles. The molecule has 296 valence electrons. The summed E-state index contributed by atoms with van der Waals surface area (Å²) in [6, 6.07) is 32.8. The molecule has 0 saturated carbocycles. The Hall–Kier alpha value is -4.59. The number of piperazine rings is 1. The third-order valence-corrected chi connectivity index (χ3v) is 11.3. The van der Waals surface area contributed by atoms with Crippen LogP contribution in [0.2, 0.25) is 0 Å². The Morgan fingerprint density at radius 1 is 0.786 bits per heavy atom. The second-order valence-electron chi connectivity index (χ2n) is 15.0. The molecular formula is C44H49F3N4O5. The molecule has 0 aliphatic carbocycles. The molecule has 0 spiro atoms. The molecule has 12 heteroatoms. The van der Waals surface area contributed by atoms with Crippen molar-refractivity contribution < 1.29 is 37.3 Å². The van der Waals surface area contributed by atoms with Crippen LogP contribution >= 0.6 is 0 Å². The van der Waals surface area contributed by atoms with Gasteiger partial charge in [-0.25, -0.2) is 0 Å². The van der Waals surface area contributed by atoms with E-state index in [2.05, 4.69) is 46.3 Å². The molecule has 3 aliphatic rings. The third-order valence-electron chi connectivity index (χ3n) is 11.3. The van der Waals surface area contributed by atoms with Crippen molar-refractivity contribution in [2.24, 2.45) is 5.92 Å². The van der Waals surface area contributed by atoms with Crippen molar-refractivity contribution in [3.8, 4) is 11.1 Å². The van der Waals surface area contributed by atoms with Gasteiger partial charge in [-0.2, -0.15) is 13.2 Å². The molecule has 3 fully saturated rings. The molecule has 7 rings (SSSR count). The van der Waals surface area contributed by atoms with E-state index >= 15 is 0 Å². The van der Waals surface area contributed by atoms with Crippen molar-refractivity contribution in [3.63, 3.8) is 0 Å². The van der Waals surface area contributed by atoms with Crippen molar-refractivity contribution >= 4 is 11.8 Å². The number of likely N-dealkylation sites (tertiary alicyclic amines) is 1. The van der Waals surface area contributed by atoms with E-state index in [1.807, 2.05) is 78.9 Å². The van der Waals surface area contributed by atoms with Crippen LogP contribution in [0.3, 0.4) is 0 Å². The minimum absolute atomic E-state index is 0.0318. The van der Waals surface area contributed by atoms with Crippen molar-refractivity contribution in [1.82, 2.24) is 20.0 Å². The summed E-state index contributed by atoms with van der Waals surface area (Å²) in [6.45, 7) is 7.69. The van der Waals surface area contributed by atoms with Gasteiger partial charge in [0.05, 0.1) is 18.8 Å². The molecule has 0 aromatic heterocycles. The first kappa shape index (κ1) is 39.6. The molecule has 0 radical (unpaired) electrons. The first-order valence-electron chi connectivity index (χ1n) is 19.4. The summed E-state index contributed by atoms with van der Waals surface area (Å²) in [6.07, 6.45) is -5.49. The van der Waals surface area contributed by atoms with Crippen LogP contribution in [0.15, 0.2) is 103 Å². The van der Waals surface area contributed by atoms with Crippen LogP contribution in [0.25, 0.3) is 11.1 Å². The SMILES string of the molecule is C[C@@H]1[C@H](CN2CCN(Cc3ccccc3)CC2)O[C@H](c2ccc(-c3ccccc3CNC(=O)[C@@H]3CCCN3C(=O)C(F)(F)F)cc2)O[C@@H]1c1ccc(CO)cc1. The van der Waals surface area contributed by atoms with Crippen LogP contribution < -0.4 is 5.32 Å². The lowest BCUT2D eigenvalue weighted by atomic mass is 9.89. The number of aliphatic hydroxyl groups excluding tert-OH is 1. The van der Waals surface area contributed by atoms with Crippen molar-refractivity contribution in [2.75, 3.05) is 39.3 Å². The average molecular weight is 771 g/mol. The lowest BCUT2D eigenvalue weighted by Gasteiger charge is -2.44. The number of nitrogens with zero attached hydrogens (tertiary/aromatic N) is 3. The maximum atomic E-state index is 13.1. The fourth-order valence-corrected chi connectivity index (χ4v) is 8.08. The van der Waals surface area contributed by atoms with Gasteiger partial charge < -0.3 is 24.8 Å². The molecule has 56 heavy (non-hydrogen) atoms. The standard InChI is InChI=1S/C44H49F3N4O5/c1-30-39(28-50-24-22-49(23-25-50)27-31-8-3-2-4-9-31)55-42(56-40(30)34-15-13-32(29-52)14-16-34)35-19-17-33(18-20-35)37-11-6-5-10-36(37)26-48-41(53)38-12-7-21-51(38)43(54)44(45,46)47/h2-6,8-11,13-20,30,38-40,42,52H,7,12,21-29H2,1H3,(H,48,53)/t30-,38+,39+,40+,42+/m1/s1. The summed E-state index contributed by atoms with van der Waals surface area (Å²) >= 11 is 0. The molecule has 4 aromatic rings. The van der Waals surface area contributed by atoms with Crippen LogP contribution in [-0.2, 0) is 38.8 Å². The lowest BCUT2D eigenvalue weighted by molar-refractivity contribution is -0.276. The first-order chi connectivity index (χ1) is 27.1. The Morgan fingerprint density at radius 3 is 2.14 bits per heavy atom. The predicted molar refractivity (Wildman–Crippen MR) is 206 cm³/mol. The highest BCUT2D eigenvalue weighted by molar-refractivity contribution is 5.90. The van der Waals surface area contributed by atoms with Crippen LogP contribution in [0.4, 0.5) is 13.2 Å². The summed E-state index contributed by atoms with van der Waals surface area (Å²) in [5.41, 5.74) is 6.57. The number of amides is 2. The number of benzene rings is 4. The maximum Gasteiger partial charge on any atom is 0.471 e. The number of carbonyl (C=O) groups is 2. The molecular weight excluding hydrogens is 722 g/mol. The number of nitrogens with one attached hydrogen (secondary N) is 1. The zero-order chi connectivity index (χ0) is 39.2. The fourth-order valence-electron chi connectivity index (χ4n) is 8.08. The highest BCUT2D eigenvalue weighted by Gasteiger charge is 2.47. The number of rotatable bonds is 11. The number of carbonyl (C=O) groups excluding carboxylic acids is 2. The molecule has 2 N–H and O–H groups in total. The highest BCUT2D eigenvalue weighted by atomic mass is 19.4. The van der Waals surface area contributed by atoms with E-state index in [1.165, 1.54) is 5.56 Å². The van der Waals surface area contributed by atoms with E-state index in [-0.39, 0.29) is 44.2 Å². The number of ether oxygens (including phenoxy) is 2. The topological polar surface area (TPSA) is 94.6 Å². The second kappa shape index (κ2) is 17.7. The normalized spacial score (nSPS) is 23.6. The van der Waals surface area contributed by atoms with Crippen LogP contribution in [-0.4, -0.2) is 89.2 Å². The van der Waals surface area contributed by atoms with Gasteiger partial charge >= 0.3 is 12.1 Å². The van der Waals surface area contributed by atoms with Crippen LogP contribution in [0.1, 0.15) is 60.0 Å². The molecule has 5 atom stereocenters. The molecule has 3 aliphatic heterocycles. The zero-order valence-electron chi connectivity index (χ0n) is 31.5. The van der Waals surface area contributed by atoms with Crippen LogP contribution in [0.5, 0.6) is 0 Å². The monoisotopic (exact) mass is 770 g/mol. The highest BCUT2D eigenvalue weighted by Crippen LogP contribution is 2.42. The van der Waals surface area contributed by atoms with Gasteiger partial charge in [-0.3, -0.25) is 19.4 Å². The summed E-state index contributed by atoms with van der Waals surface area (Å²) < 4.78 is 52.9. The van der Waals surface area contributed by atoms with E-state index in [1.54, 1.807) is 0 Å². The largest absolute Gasteiger partial charge is 0.471 e. The zero-order valence-corrected chi connectivity index (χ0v) is 31.5. The fraction of sp³-hybridized carbons (Fsp3) is 0.409. The number of hydrogen-bond acceptors (Lipinski definition) is 7. The van der Waals surface area contributed by atoms with E-state index < -0.39 is 30.3 Å².